The highest BCUT2D eigenvalue weighted by Crippen LogP contribution is 2.66. The van der Waals surface area contributed by atoms with Gasteiger partial charge in [0.1, 0.15) is 50.1 Å². The average Bonchev–Trinajstić information content (AvgIpc) is 3.67. The van der Waals surface area contributed by atoms with E-state index >= 15 is 0 Å². The van der Waals surface area contributed by atoms with Crippen LogP contribution < -0.4 is 36.6 Å². The minimum atomic E-state index is -6.45. The number of H-pyrrole nitrogens is 1. The normalized spacial score (nSPS) is 30.1. The molecule has 2 aliphatic rings. The fourth-order valence-corrected chi connectivity index (χ4v) is 11.1. The molecule has 0 aliphatic carbocycles. The van der Waals surface area contributed by atoms with Crippen molar-refractivity contribution in [1.82, 2.24) is 29.1 Å². The Morgan fingerprint density at radius 3 is 2.31 bits per heavy atom. The smallest absolute Gasteiger partial charge is 0.330 e. The molecule has 11 unspecified atom stereocenters. The highest BCUT2D eigenvalue weighted by atomic mass is 31.3. The third kappa shape index (κ3) is 9.33. The molecule has 3 aromatic rings. The Bertz CT molecular complexity index is 2090. The minimum absolute atomic E-state index is 0.0274. The van der Waals surface area contributed by atoms with Gasteiger partial charge in [0.25, 0.3) is 21.2 Å². The molecule has 11 atom stereocenters. The first-order valence-corrected chi connectivity index (χ1v) is 20.5. The molecule has 2 saturated heterocycles. The number of anilines is 1. The molecule has 0 bridgehead atoms. The first-order valence-electron chi connectivity index (χ1n) is 14.1. The number of nitrogens with two attached hydrogens (primary N) is 1. The topological polar surface area (TPSA) is 401 Å². The third-order valence-electron chi connectivity index (χ3n) is 7.26. The molecule has 2 fully saturated rings. The monoisotopic (exact) mass is 805 g/mol. The summed E-state index contributed by atoms with van der Waals surface area (Å²) in [6.07, 6.45) is -7.71. The third-order valence-corrected chi connectivity index (χ3v) is 14.4. The quantitative estimate of drug-likeness (QED) is 0.0960. The number of hydrogen-bond donors (Lipinski definition) is 5. The molecular formula is C21H27N7O19P4-4. The summed E-state index contributed by atoms with van der Waals surface area (Å²) in [6, 6.07) is 0. The molecule has 5 rings (SSSR count). The van der Waals surface area contributed by atoms with Crippen molar-refractivity contribution < 1.29 is 80.3 Å². The van der Waals surface area contributed by atoms with Crippen LogP contribution in [-0.4, -0.2) is 94.0 Å². The van der Waals surface area contributed by atoms with Gasteiger partial charge in [-0.15, -0.1) is 0 Å². The number of phosphoric acid groups is 2. The van der Waals surface area contributed by atoms with E-state index in [1.807, 2.05) is 4.98 Å². The van der Waals surface area contributed by atoms with Gasteiger partial charge in [-0.2, -0.15) is 0 Å². The Morgan fingerprint density at radius 2 is 1.61 bits per heavy atom. The lowest BCUT2D eigenvalue weighted by Gasteiger charge is -2.37. The molecule has 0 spiro atoms. The van der Waals surface area contributed by atoms with E-state index in [0.717, 1.165) is 28.0 Å². The van der Waals surface area contributed by atoms with Crippen LogP contribution in [0.5, 0.6) is 0 Å². The molecule has 3 aromatic heterocycles. The summed E-state index contributed by atoms with van der Waals surface area (Å²) in [4.78, 5) is 86.3. The van der Waals surface area contributed by atoms with Crippen LogP contribution in [0.25, 0.3) is 11.2 Å². The second-order valence-electron chi connectivity index (χ2n) is 11.1. The van der Waals surface area contributed by atoms with Gasteiger partial charge < -0.3 is 68.3 Å². The van der Waals surface area contributed by atoms with Crippen LogP contribution in [0.1, 0.15) is 24.4 Å². The zero-order chi connectivity index (χ0) is 37.7. The van der Waals surface area contributed by atoms with E-state index in [2.05, 4.69) is 32.6 Å². The van der Waals surface area contributed by atoms with E-state index in [4.69, 9.17) is 15.2 Å². The maximum Gasteiger partial charge on any atom is 0.330 e. The Morgan fingerprint density at radius 1 is 0.922 bits per heavy atom. The van der Waals surface area contributed by atoms with Gasteiger partial charge in [0, 0.05) is 18.2 Å². The van der Waals surface area contributed by atoms with E-state index in [-0.39, 0.29) is 29.0 Å². The van der Waals surface area contributed by atoms with Crippen molar-refractivity contribution in [2.75, 3.05) is 24.9 Å². The maximum absolute atomic E-state index is 12.3. The van der Waals surface area contributed by atoms with Crippen LogP contribution in [0.4, 0.5) is 5.82 Å². The summed E-state index contributed by atoms with van der Waals surface area (Å²) in [5, 5.41) is 31.0. The lowest BCUT2D eigenvalue weighted by atomic mass is 10.1. The van der Waals surface area contributed by atoms with Gasteiger partial charge in [-0.05, 0) is 6.92 Å². The van der Waals surface area contributed by atoms with Crippen LogP contribution >= 0.6 is 30.8 Å². The van der Waals surface area contributed by atoms with Crippen LogP contribution in [0.15, 0.2) is 28.4 Å². The van der Waals surface area contributed by atoms with Crippen molar-refractivity contribution in [3.8, 4) is 0 Å². The first kappa shape index (κ1) is 39.6. The summed E-state index contributed by atoms with van der Waals surface area (Å²) >= 11 is 0. The standard InChI is InChI=1S/C21H31N7O19P4/c1-9-3-27(21(33)26-19(9)32)13-2-10(29)11(44-13)4-42-48(34,35)8-49(36,37)46-51(40,41)47-50(38,39)43-5-12-15(30)16(31)20(45-12)28-7-25-14-17(22)23-6-24-18(14)28/h3,6-7,10-13,15-16,20,29-31H,2,4-5,8H2,1H3,(H,34,35)(H,36,37)(H,38,39)(H,40,41)(H2,22,23,24)(H,26,32,33)/p-4. The number of aliphatic hydroxyl groups excluding tert-OH is 3. The minimum Gasteiger partial charge on any atom is -0.778 e. The van der Waals surface area contributed by atoms with E-state index in [9.17, 15) is 62.7 Å². The van der Waals surface area contributed by atoms with Gasteiger partial charge in [-0.25, -0.2) is 24.1 Å². The predicted molar refractivity (Wildman–Crippen MR) is 156 cm³/mol. The highest BCUT2D eigenvalue weighted by molar-refractivity contribution is 7.73. The molecule has 26 nitrogen and oxygen atoms in total. The number of nitrogens with one attached hydrogen (secondary N) is 1. The fourth-order valence-electron chi connectivity index (χ4n) is 4.93. The highest BCUT2D eigenvalue weighted by Gasteiger charge is 2.45. The number of hydrogen-bond acceptors (Lipinski definition) is 23. The van der Waals surface area contributed by atoms with Gasteiger partial charge in [0.05, 0.1) is 31.5 Å². The van der Waals surface area contributed by atoms with Gasteiger partial charge in [0.15, 0.2) is 25.3 Å². The second-order valence-corrected chi connectivity index (χ2v) is 18.2. The van der Waals surface area contributed by atoms with E-state index in [1.54, 1.807) is 0 Å². The van der Waals surface area contributed by atoms with Crippen LogP contribution in [-0.2, 0) is 45.4 Å². The molecule has 0 amide bonds. The summed E-state index contributed by atoms with van der Waals surface area (Å²) in [5.41, 5.74) is 4.40. The zero-order valence-corrected chi connectivity index (χ0v) is 29.2. The number of aliphatic hydroxyl groups is 3. The number of ether oxygens (including phenoxy) is 2. The van der Waals surface area contributed by atoms with Crippen molar-refractivity contribution in [1.29, 1.82) is 0 Å². The molecule has 0 radical (unpaired) electrons. The summed E-state index contributed by atoms with van der Waals surface area (Å²) in [7, 11) is -24.1. The Labute approximate surface area is 283 Å². The van der Waals surface area contributed by atoms with Gasteiger partial charge in [-0.1, -0.05) is 0 Å². The van der Waals surface area contributed by atoms with E-state index < -0.39 is 104 Å². The van der Waals surface area contributed by atoms with E-state index in [0.29, 0.717) is 0 Å². The number of rotatable bonds is 14. The molecule has 6 N–H and O–H groups in total. The molecule has 0 aromatic carbocycles. The molecule has 30 heteroatoms. The molecule has 0 saturated carbocycles. The number of imidazole rings is 1. The van der Waals surface area contributed by atoms with Crippen molar-refractivity contribution in [2.45, 2.75) is 56.3 Å². The number of fused-ring (bicyclic) bond motifs is 1. The summed E-state index contributed by atoms with van der Waals surface area (Å²) in [6.45, 7) is -0.832. The van der Waals surface area contributed by atoms with Gasteiger partial charge in [0.2, 0.25) is 0 Å². The first-order chi connectivity index (χ1) is 23.6. The Balaban J connectivity index is 1.13. The molecular weight excluding hydrogens is 778 g/mol. The van der Waals surface area contributed by atoms with Crippen molar-refractivity contribution in [2.24, 2.45) is 0 Å². The molecule has 5 heterocycles. The lowest BCUT2D eigenvalue weighted by molar-refractivity contribution is -0.246. The van der Waals surface area contributed by atoms with Crippen molar-refractivity contribution in [3.05, 3.63) is 45.3 Å². The number of aromatic nitrogens is 6. The average molecular weight is 805 g/mol. The SMILES string of the molecule is Cc1cn(C2CC(O)C(COP(=O)([O-])CP(=O)([O-])OP(=O)([O-])OP(=O)([O-])OCC3OC(n4cnc5c(N)ncnc54)C(O)C3O)O2)c(=O)[nH]c1=O. The maximum atomic E-state index is 12.3. The largest absolute Gasteiger partial charge is 0.778 e. The number of aromatic amines is 1. The summed E-state index contributed by atoms with van der Waals surface area (Å²) in [5.74, 6) is -2.17. The Hall–Kier alpha value is -2.57. The number of nitrogens with zero attached hydrogens (tertiary/aromatic N) is 5. The van der Waals surface area contributed by atoms with E-state index in [1.165, 1.54) is 6.92 Å². The fraction of sp³-hybridized carbons (Fsp3) is 0.571. The van der Waals surface area contributed by atoms with Crippen molar-refractivity contribution in [3.63, 3.8) is 0 Å². The van der Waals surface area contributed by atoms with Gasteiger partial charge in [-0.3, -0.25) is 32.4 Å². The van der Waals surface area contributed by atoms with Crippen LogP contribution in [0.3, 0.4) is 0 Å². The molecule has 284 valence electrons. The molecule has 2 aliphatic heterocycles. The molecule has 51 heavy (non-hydrogen) atoms. The summed E-state index contributed by atoms with van der Waals surface area (Å²) < 4.78 is 78.2. The lowest BCUT2D eigenvalue weighted by Crippen LogP contribution is -2.34. The number of aryl methyl sites for hydroxylation is 1. The zero-order valence-electron chi connectivity index (χ0n) is 25.6. The van der Waals surface area contributed by atoms with Crippen molar-refractivity contribution >= 4 is 47.8 Å². The second kappa shape index (κ2) is 14.7. The van der Waals surface area contributed by atoms with Gasteiger partial charge >= 0.3 is 5.69 Å². The Kier molecular flexibility index (Phi) is 11.4. The number of phosphoric ester groups is 1. The van der Waals surface area contributed by atoms with Crippen LogP contribution in [0, 0.1) is 6.92 Å². The van der Waals surface area contributed by atoms with Crippen LogP contribution in [0.2, 0.25) is 0 Å². The number of nitrogen functional groups attached to an aromatic ring is 1. The predicted octanol–water partition coefficient (Wildman–Crippen LogP) is -4.40.